The largest absolute Gasteiger partial charge is 0.475 e. The Morgan fingerprint density at radius 1 is 1.10 bits per heavy atom. The molecule has 2 aromatic heterocycles. The van der Waals surface area contributed by atoms with Crippen LogP contribution in [0.25, 0.3) is 22.4 Å². The van der Waals surface area contributed by atoms with Gasteiger partial charge < -0.3 is 25.8 Å². The standard InChI is InChI=1S/C28H29F2N5O4/c1-16-7-21(29)23(35-26(38)32-15-27-12-28(30,13-27)14-27)11-20(16)19-8-22(34-25(10-19)39-6-5-36)18-3-4-31-24(9-18)33-17(2)37/h3-4,7-11,36H,5-6,12-15H2,1-2H3,(H,31,33,37)(H2,32,35,38). The summed E-state index contributed by atoms with van der Waals surface area (Å²) in [5.41, 5.74) is 1.77. The fraction of sp³-hybridized carbons (Fsp3) is 0.357. The van der Waals surface area contributed by atoms with E-state index >= 15 is 0 Å². The van der Waals surface area contributed by atoms with Gasteiger partial charge in [0.25, 0.3) is 0 Å². The molecule has 204 valence electrons. The van der Waals surface area contributed by atoms with E-state index in [2.05, 4.69) is 25.9 Å². The average Bonchev–Trinajstić information content (AvgIpc) is 2.85. The molecule has 3 aliphatic rings. The van der Waals surface area contributed by atoms with Crippen LogP contribution in [-0.4, -0.2) is 52.4 Å². The number of urea groups is 1. The molecule has 2 bridgehead atoms. The number of nitrogens with one attached hydrogen (secondary N) is 3. The predicted octanol–water partition coefficient (Wildman–Crippen LogP) is 4.60. The second-order valence-electron chi connectivity index (χ2n) is 10.4. The van der Waals surface area contributed by atoms with E-state index in [0.29, 0.717) is 59.6 Å². The van der Waals surface area contributed by atoms with Crippen molar-refractivity contribution in [2.24, 2.45) is 5.41 Å². The van der Waals surface area contributed by atoms with Crippen LogP contribution in [0.4, 0.5) is 25.1 Å². The van der Waals surface area contributed by atoms with Crippen LogP contribution >= 0.6 is 0 Å². The van der Waals surface area contributed by atoms with Gasteiger partial charge in [-0.2, -0.15) is 0 Å². The number of ether oxygens (including phenoxy) is 1. The Morgan fingerprint density at radius 3 is 2.56 bits per heavy atom. The summed E-state index contributed by atoms with van der Waals surface area (Å²) in [6.07, 6.45) is 2.90. The molecule has 3 aromatic rings. The molecule has 2 heterocycles. The van der Waals surface area contributed by atoms with E-state index in [4.69, 9.17) is 4.74 Å². The lowest BCUT2D eigenvalue weighted by Gasteiger charge is -2.65. The maximum atomic E-state index is 14.9. The van der Waals surface area contributed by atoms with Crippen molar-refractivity contribution in [1.82, 2.24) is 15.3 Å². The minimum atomic E-state index is -1.05. The Labute approximate surface area is 224 Å². The first kappa shape index (κ1) is 26.5. The Balaban J connectivity index is 1.42. The van der Waals surface area contributed by atoms with E-state index in [0.717, 1.165) is 0 Å². The van der Waals surface area contributed by atoms with Gasteiger partial charge >= 0.3 is 6.03 Å². The number of carbonyl (C=O) groups excluding carboxylic acids is 2. The van der Waals surface area contributed by atoms with Crippen molar-refractivity contribution in [3.8, 4) is 28.3 Å². The lowest BCUT2D eigenvalue weighted by Crippen LogP contribution is -2.68. The van der Waals surface area contributed by atoms with Gasteiger partial charge in [0.1, 0.15) is 23.9 Å². The van der Waals surface area contributed by atoms with Crippen LogP contribution in [0.3, 0.4) is 0 Å². The summed E-state index contributed by atoms with van der Waals surface area (Å²) in [5, 5.41) is 17.2. The van der Waals surface area contributed by atoms with Crippen molar-refractivity contribution in [2.45, 2.75) is 38.8 Å². The molecule has 0 saturated heterocycles. The monoisotopic (exact) mass is 537 g/mol. The van der Waals surface area contributed by atoms with Gasteiger partial charge in [0.2, 0.25) is 11.8 Å². The Bertz CT molecular complexity index is 1430. The van der Waals surface area contributed by atoms with Gasteiger partial charge in [-0.3, -0.25) is 4.79 Å². The van der Waals surface area contributed by atoms with Crippen LogP contribution in [-0.2, 0) is 4.79 Å². The number of aliphatic hydroxyl groups is 1. The number of aliphatic hydroxyl groups excluding tert-OH is 1. The first-order valence-corrected chi connectivity index (χ1v) is 12.6. The zero-order valence-electron chi connectivity index (χ0n) is 21.6. The van der Waals surface area contributed by atoms with E-state index < -0.39 is 17.5 Å². The molecule has 11 heteroatoms. The first-order valence-electron chi connectivity index (χ1n) is 12.6. The molecule has 3 saturated carbocycles. The topological polar surface area (TPSA) is 125 Å². The Kier molecular flexibility index (Phi) is 6.94. The normalized spacial score (nSPS) is 20.8. The van der Waals surface area contributed by atoms with Crippen LogP contribution in [0.15, 0.2) is 42.6 Å². The molecule has 39 heavy (non-hydrogen) atoms. The third-order valence-corrected chi connectivity index (χ3v) is 7.08. The zero-order valence-corrected chi connectivity index (χ0v) is 21.6. The maximum Gasteiger partial charge on any atom is 0.319 e. The third-order valence-electron chi connectivity index (χ3n) is 7.08. The van der Waals surface area contributed by atoms with Crippen molar-refractivity contribution >= 4 is 23.4 Å². The minimum Gasteiger partial charge on any atom is -0.475 e. The molecule has 0 unspecified atom stereocenters. The lowest BCUT2D eigenvalue weighted by molar-refractivity contribution is -0.208. The average molecular weight is 538 g/mol. The van der Waals surface area contributed by atoms with Crippen LogP contribution in [0.2, 0.25) is 0 Å². The molecule has 3 fully saturated rings. The number of aromatic nitrogens is 2. The first-order chi connectivity index (χ1) is 18.6. The van der Waals surface area contributed by atoms with Gasteiger partial charge in [-0.15, -0.1) is 0 Å². The fourth-order valence-electron chi connectivity index (χ4n) is 5.43. The summed E-state index contributed by atoms with van der Waals surface area (Å²) in [6.45, 7) is 3.27. The summed E-state index contributed by atoms with van der Waals surface area (Å²) in [4.78, 5) is 32.7. The highest BCUT2D eigenvalue weighted by Gasteiger charge is 2.68. The predicted molar refractivity (Wildman–Crippen MR) is 142 cm³/mol. The number of aryl methyl sites for hydroxylation is 1. The number of rotatable bonds is 9. The maximum absolute atomic E-state index is 14.9. The van der Waals surface area contributed by atoms with Crippen molar-refractivity contribution in [3.05, 3.63) is 54.0 Å². The molecule has 6 rings (SSSR count). The summed E-state index contributed by atoms with van der Waals surface area (Å²) in [5.74, 6) is -0.287. The molecule has 0 aliphatic heterocycles. The molecule has 0 atom stereocenters. The number of hydrogen-bond donors (Lipinski definition) is 4. The van der Waals surface area contributed by atoms with Crippen LogP contribution in [0.5, 0.6) is 5.88 Å². The number of amides is 3. The SMILES string of the molecule is CC(=O)Nc1cc(-c2cc(-c3cc(NC(=O)NCC45CC(F)(C4)C5)c(F)cc3C)cc(OCCO)n2)ccn1. The fourth-order valence-corrected chi connectivity index (χ4v) is 5.43. The van der Waals surface area contributed by atoms with Gasteiger partial charge in [-0.25, -0.2) is 23.5 Å². The summed E-state index contributed by atoms with van der Waals surface area (Å²) >= 11 is 0. The van der Waals surface area contributed by atoms with E-state index in [1.165, 1.54) is 25.3 Å². The molecule has 3 aliphatic carbocycles. The second-order valence-corrected chi connectivity index (χ2v) is 10.4. The van der Waals surface area contributed by atoms with Gasteiger partial charge in [-0.1, -0.05) is 0 Å². The molecule has 3 amide bonds. The number of alkyl halides is 1. The molecule has 0 spiro atoms. The van der Waals surface area contributed by atoms with Crippen molar-refractivity contribution in [3.63, 3.8) is 0 Å². The van der Waals surface area contributed by atoms with Crippen molar-refractivity contribution in [1.29, 1.82) is 0 Å². The van der Waals surface area contributed by atoms with Gasteiger partial charge in [-0.05, 0) is 78.6 Å². The van der Waals surface area contributed by atoms with Gasteiger partial charge in [0, 0.05) is 31.3 Å². The molecule has 1 aromatic carbocycles. The molecular weight excluding hydrogens is 508 g/mol. The highest BCUT2D eigenvalue weighted by atomic mass is 19.1. The van der Waals surface area contributed by atoms with Crippen molar-refractivity contribution in [2.75, 3.05) is 30.4 Å². The van der Waals surface area contributed by atoms with Crippen LogP contribution in [0.1, 0.15) is 31.7 Å². The second kappa shape index (κ2) is 10.2. The van der Waals surface area contributed by atoms with E-state index in [1.807, 2.05) is 0 Å². The van der Waals surface area contributed by atoms with E-state index in [1.54, 1.807) is 31.2 Å². The van der Waals surface area contributed by atoms with Gasteiger partial charge in [0.15, 0.2) is 0 Å². The number of hydrogen-bond acceptors (Lipinski definition) is 6. The summed E-state index contributed by atoms with van der Waals surface area (Å²) in [6, 6.07) is 9.12. The van der Waals surface area contributed by atoms with E-state index in [-0.39, 0.29) is 36.1 Å². The quantitative estimate of drug-likeness (QED) is 0.316. The lowest BCUT2D eigenvalue weighted by atomic mass is 9.42. The minimum absolute atomic E-state index is 0.0132. The number of benzene rings is 1. The molecular formula is C28H29F2N5O4. The zero-order chi connectivity index (χ0) is 27.8. The van der Waals surface area contributed by atoms with E-state index in [9.17, 15) is 23.5 Å². The molecule has 0 radical (unpaired) electrons. The van der Waals surface area contributed by atoms with Gasteiger partial charge in [0.05, 0.1) is 18.0 Å². The van der Waals surface area contributed by atoms with Crippen LogP contribution in [0, 0.1) is 18.2 Å². The summed E-state index contributed by atoms with van der Waals surface area (Å²) < 4.78 is 34.2. The number of pyridine rings is 2. The van der Waals surface area contributed by atoms with Crippen molar-refractivity contribution < 1.29 is 28.2 Å². The third kappa shape index (κ3) is 5.68. The number of nitrogens with zero attached hydrogens (tertiary/aromatic N) is 2. The Hall–Kier alpha value is -4.12. The smallest absolute Gasteiger partial charge is 0.319 e. The number of halogens is 2. The molecule has 4 N–H and O–H groups in total. The highest BCUT2D eigenvalue weighted by molar-refractivity contribution is 5.91. The number of carbonyl (C=O) groups is 2. The highest BCUT2D eigenvalue weighted by Crippen LogP contribution is 2.69. The number of anilines is 2. The Morgan fingerprint density at radius 2 is 1.87 bits per heavy atom. The summed E-state index contributed by atoms with van der Waals surface area (Å²) in [7, 11) is 0. The molecule has 9 nitrogen and oxygen atoms in total. The van der Waals surface area contributed by atoms with Crippen LogP contribution < -0.4 is 20.7 Å².